The van der Waals surface area contributed by atoms with Gasteiger partial charge in [-0.2, -0.15) is 0 Å². The summed E-state index contributed by atoms with van der Waals surface area (Å²) < 4.78 is 5.47. The van der Waals surface area contributed by atoms with Gasteiger partial charge in [-0.15, -0.1) is 0 Å². The normalized spacial score (nSPS) is 22.8. The summed E-state index contributed by atoms with van der Waals surface area (Å²) in [6, 6.07) is 14.3. The van der Waals surface area contributed by atoms with Crippen molar-refractivity contribution in [1.82, 2.24) is 0 Å². The average Bonchev–Trinajstić information content (AvgIpc) is 3.01. The van der Waals surface area contributed by atoms with Crippen LogP contribution in [0, 0.1) is 5.41 Å². The van der Waals surface area contributed by atoms with Crippen LogP contribution in [0.3, 0.4) is 0 Å². The molecule has 1 amide bonds. The molecule has 1 atom stereocenters. The number of rotatable bonds is 3. The number of carbonyl (C=O) groups excluding carboxylic acids is 3. The number of ether oxygens (including phenoxy) is 1. The van der Waals surface area contributed by atoms with Crippen molar-refractivity contribution >= 4 is 40.6 Å². The number of benzene rings is 2. The molecule has 3 aliphatic rings. The summed E-state index contributed by atoms with van der Waals surface area (Å²) in [5.74, 6) is -1.27. The van der Waals surface area contributed by atoms with Crippen molar-refractivity contribution in [1.29, 1.82) is 0 Å². The van der Waals surface area contributed by atoms with Crippen molar-refractivity contribution in [2.24, 2.45) is 11.1 Å². The highest BCUT2D eigenvalue weighted by atomic mass is 35.5. The molecular formula is C28H28ClN3O4. The average molecular weight is 506 g/mol. The first-order valence-electron chi connectivity index (χ1n) is 11.9. The second-order valence-electron chi connectivity index (χ2n) is 10.2. The first-order chi connectivity index (χ1) is 17.0. The van der Waals surface area contributed by atoms with Gasteiger partial charge in [-0.3, -0.25) is 14.5 Å². The number of likely N-dealkylation sites (N-methyl/N-ethyl adjacent to an activating group) is 1. The predicted molar refractivity (Wildman–Crippen MR) is 138 cm³/mol. The van der Waals surface area contributed by atoms with Crippen LogP contribution in [0.4, 0.5) is 11.4 Å². The van der Waals surface area contributed by atoms with Gasteiger partial charge in [0.2, 0.25) is 5.91 Å². The fraction of sp³-hybridized carbons (Fsp3) is 0.321. The molecule has 0 saturated heterocycles. The van der Waals surface area contributed by atoms with Crippen LogP contribution in [-0.4, -0.2) is 31.3 Å². The fourth-order valence-corrected chi connectivity index (χ4v) is 6.08. The summed E-state index contributed by atoms with van der Waals surface area (Å²) in [7, 11) is 1.65. The molecule has 0 aromatic heterocycles. The van der Waals surface area contributed by atoms with Crippen LogP contribution in [0.1, 0.15) is 39.2 Å². The smallest absolute Gasteiger partial charge is 0.339 e. The maximum Gasteiger partial charge on any atom is 0.339 e. The monoisotopic (exact) mass is 505 g/mol. The van der Waals surface area contributed by atoms with Gasteiger partial charge in [0.05, 0.1) is 6.61 Å². The van der Waals surface area contributed by atoms with Crippen LogP contribution in [0.25, 0.3) is 0 Å². The molecule has 0 bridgehead atoms. The van der Waals surface area contributed by atoms with E-state index in [-0.39, 0.29) is 41.2 Å². The van der Waals surface area contributed by atoms with E-state index in [4.69, 9.17) is 22.1 Å². The number of hydrogen-bond donors (Lipinski definition) is 1. The third kappa shape index (κ3) is 3.22. The summed E-state index contributed by atoms with van der Waals surface area (Å²) >= 11 is 6.33. The van der Waals surface area contributed by atoms with Crippen molar-refractivity contribution in [3.05, 3.63) is 81.8 Å². The molecule has 2 heterocycles. The zero-order valence-electron chi connectivity index (χ0n) is 20.7. The van der Waals surface area contributed by atoms with Crippen LogP contribution in [0.5, 0.6) is 0 Å². The van der Waals surface area contributed by atoms with Gasteiger partial charge in [0.15, 0.2) is 5.78 Å². The number of fused-ring (bicyclic) bond motifs is 3. The van der Waals surface area contributed by atoms with E-state index < -0.39 is 17.3 Å². The number of esters is 1. The SMILES string of the molecule is CCOC(=O)C1=C(N)N(c2cccc(Cl)c2)C2=C(C(=O)CC(C)(C)C2)C12C(=O)N(C)c1ccccc12. The Morgan fingerprint density at radius 1 is 1.11 bits per heavy atom. The van der Waals surface area contributed by atoms with Crippen LogP contribution >= 0.6 is 11.6 Å². The number of nitrogens with zero attached hydrogens (tertiary/aromatic N) is 2. The molecule has 5 rings (SSSR count). The minimum Gasteiger partial charge on any atom is -0.462 e. The number of halogens is 1. The van der Waals surface area contributed by atoms with Gasteiger partial charge in [-0.1, -0.05) is 49.7 Å². The standard InChI is InChI=1S/C28H28ClN3O4/c1-5-36-25(34)23-24(30)32(17-10-8-9-16(29)13-17)20-14-27(2,3)15-21(33)22(20)28(23)18-11-6-7-12-19(18)31(4)26(28)35/h6-13H,5,14-15,30H2,1-4H3. The Morgan fingerprint density at radius 3 is 2.53 bits per heavy atom. The number of hydrogen-bond acceptors (Lipinski definition) is 6. The maximum atomic E-state index is 14.3. The van der Waals surface area contributed by atoms with E-state index >= 15 is 0 Å². The Morgan fingerprint density at radius 2 is 1.83 bits per heavy atom. The first kappa shape index (κ1) is 24.1. The van der Waals surface area contributed by atoms with Crippen molar-refractivity contribution in [3.63, 3.8) is 0 Å². The molecule has 186 valence electrons. The molecule has 2 N–H and O–H groups in total. The van der Waals surface area contributed by atoms with E-state index in [1.165, 1.54) is 4.90 Å². The topological polar surface area (TPSA) is 92.9 Å². The largest absolute Gasteiger partial charge is 0.462 e. The minimum atomic E-state index is -1.69. The van der Waals surface area contributed by atoms with Gasteiger partial charge < -0.3 is 15.4 Å². The molecule has 2 aromatic rings. The third-order valence-corrected chi connectivity index (χ3v) is 7.45. The highest BCUT2D eigenvalue weighted by Gasteiger charge is 2.64. The molecule has 1 unspecified atom stereocenters. The minimum absolute atomic E-state index is 0.0436. The lowest BCUT2D eigenvalue weighted by Gasteiger charge is -2.47. The molecule has 1 spiro atoms. The summed E-state index contributed by atoms with van der Waals surface area (Å²) in [5, 5.41) is 0.476. The summed E-state index contributed by atoms with van der Waals surface area (Å²) in [6.07, 6.45) is 0.699. The van der Waals surface area contributed by atoms with E-state index in [2.05, 4.69) is 0 Å². The Labute approximate surface area is 215 Å². The first-order valence-corrected chi connectivity index (χ1v) is 12.3. The van der Waals surface area contributed by atoms with Crippen molar-refractivity contribution in [2.45, 2.75) is 39.0 Å². The number of Topliss-reactive ketones (excluding diaryl/α,β-unsaturated/α-hetero) is 1. The fourth-order valence-electron chi connectivity index (χ4n) is 5.89. The maximum absolute atomic E-state index is 14.3. The summed E-state index contributed by atoms with van der Waals surface area (Å²) in [4.78, 5) is 45.2. The summed E-state index contributed by atoms with van der Waals surface area (Å²) in [6.45, 7) is 5.79. The Balaban J connectivity index is 1.94. The molecule has 0 radical (unpaired) electrons. The number of para-hydroxylation sites is 1. The lowest BCUT2D eigenvalue weighted by molar-refractivity contribution is -0.140. The molecule has 0 fully saturated rings. The molecule has 0 saturated carbocycles. The molecule has 36 heavy (non-hydrogen) atoms. The Kier molecular flexibility index (Phi) is 5.52. The summed E-state index contributed by atoms with van der Waals surface area (Å²) in [5.41, 5.74) is 7.37. The quantitative estimate of drug-likeness (QED) is 0.619. The lowest BCUT2D eigenvalue weighted by atomic mass is 9.60. The second kappa shape index (κ2) is 8.23. The van der Waals surface area contributed by atoms with E-state index in [1.807, 2.05) is 32.0 Å². The highest BCUT2D eigenvalue weighted by molar-refractivity contribution is 6.31. The van der Waals surface area contributed by atoms with Gasteiger partial charge in [0, 0.05) is 46.7 Å². The molecule has 7 nitrogen and oxygen atoms in total. The molecule has 8 heteroatoms. The van der Waals surface area contributed by atoms with E-state index in [1.54, 1.807) is 49.2 Å². The number of nitrogens with two attached hydrogens (primary N) is 1. The molecule has 2 aromatic carbocycles. The van der Waals surface area contributed by atoms with Crippen molar-refractivity contribution in [2.75, 3.05) is 23.5 Å². The van der Waals surface area contributed by atoms with Crippen LogP contribution in [-0.2, 0) is 24.5 Å². The third-order valence-electron chi connectivity index (χ3n) is 7.21. The van der Waals surface area contributed by atoms with Crippen LogP contribution in [0.15, 0.2) is 71.2 Å². The zero-order chi connectivity index (χ0) is 26.0. The molecular weight excluding hydrogens is 478 g/mol. The zero-order valence-corrected chi connectivity index (χ0v) is 21.5. The number of anilines is 2. The lowest BCUT2D eigenvalue weighted by Crippen LogP contribution is -2.55. The Hall–Kier alpha value is -3.58. The Bertz CT molecular complexity index is 1390. The van der Waals surface area contributed by atoms with Gasteiger partial charge in [-0.25, -0.2) is 4.79 Å². The number of amides is 1. The van der Waals surface area contributed by atoms with E-state index in [0.717, 1.165) is 0 Å². The van der Waals surface area contributed by atoms with Gasteiger partial charge in [-0.05, 0) is 43.0 Å². The highest BCUT2D eigenvalue weighted by Crippen LogP contribution is 2.58. The van der Waals surface area contributed by atoms with Gasteiger partial charge >= 0.3 is 5.97 Å². The number of carbonyl (C=O) groups is 3. The van der Waals surface area contributed by atoms with Crippen LogP contribution < -0.4 is 15.5 Å². The predicted octanol–water partition coefficient (Wildman–Crippen LogP) is 4.45. The second-order valence-corrected chi connectivity index (χ2v) is 10.6. The van der Waals surface area contributed by atoms with E-state index in [9.17, 15) is 14.4 Å². The van der Waals surface area contributed by atoms with Crippen LogP contribution in [0.2, 0.25) is 5.02 Å². The van der Waals surface area contributed by atoms with Gasteiger partial charge in [0.1, 0.15) is 16.8 Å². The number of allylic oxidation sites excluding steroid dienone is 1. The van der Waals surface area contributed by atoms with Crippen molar-refractivity contribution < 1.29 is 19.1 Å². The molecule has 1 aliphatic carbocycles. The number of ketones is 1. The van der Waals surface area contributed by atoms with Crippen molar-refractivity contribution in [3.8, 4) is 0 Å². The van der Waals surface area contributed by atoms with Gasteiger partial charge in [0.25, 0.3) is 0 Å². The van der Waals surface area contributed by atoms with E-state index in [0.29, 0.717) is 34.1 Å². The molecule has 2 aliphatic heterocycles.